The van der Waals surface area contributed by atoms with E-state index in [-0.39, 0.29) is 17.9 Å². The minimum atomic E-state index is -3.12. The molecule has 0 spiro atoms. The summed E-state index contributed by atoms with van der Waals surface area (Å²) in [7, 11) is -3.12. The molecule has 1 heterocycles. The van der Waals surface area contributed by atoms with Crippen molar-refractivity contribution in [2.75, 3.05) is 18.1 Å². The third-order valence-electron chi connectivity index (χ3n) is 3.36. The largest absolute Gasteiger partial charge is 0.481 e. The van der Waals surface area contributed by atoms with Gasteiger partial charge in [-0.25, -0.2) is 8.42 Å². The van der Waals surface area contributed by atoms with Crippen LogP contribution in [0, 0.1) is 3.57 Å². The lowest BCUT2D eigenvalue weighted by Crippen LogP contribution is -2.48. The lowest BCUT2D eigenvalue weighted by atomic mass is 10.1. The fraction of sp³-hybridized carbons (Fsp3) is 0.462. The van der Waals surface area contributed by atoms with Gasteiger partial charge >= 0.3 is 5.97 Å². The number of nitrogens with zero attached hydrogens (tertiary/aromatic N) is 1. The summed E-state index contributed by atoms with van der Waals surface area (Å²) in [6.45, 7) is 0.983. The minimum Gasteiger partial charge on any atom is -0.481 e. The van der Waals surface area contributed by atoms with Gasteiger partial charge in [-0.15, -0.1) is 0 Å². The third kappa shape index (κ3) is 4.42. The SMILES string of the molecule is O=C(O)CC1CS(=O)(=O)CCN1Cc1ccc(I)cc1. The predicted octanol–water partition coefficient (Wildman–Crippen LogP) is 1.36. The molecule has 7 heteroatoms. The average Bonchev–Trinajstić information content (AvgIpc) is 2.34. The Morgan fingerprint density at radius 2 is 2.00 bits per heavy atom. The summed E-state index contributed by atoms with van der Waals surface area (Å²) in [5.74, 6) is -0.920. The molecule has 0 aliphatic carbocycles. The maximum absolute atomic E-state index is 11.7. The van der Waals surface area contributed by atoms with Crippen LogP contribution in [-0.2, 0) is 21.2 Å². The van der Waals surface area contributed by atoms with Crippen LogP contribution in [-0.4, -0.2) is 48.5 Å². The maximum atomic E-state index is 11.7. The molecule has 0 bridgehead atoms. The summed E-state index contributed by atoms with van der Waals surface area (Å²) in [6.07, 6.45) is -0.135. The molecule has 110 valence electrons. The zero-order chi connectivity index (χ0) is 14.8. The van der Waals surface area contributed by atoms with Gasteiger partial charge in [-0.2, -0.15) is 0 Å². The Balaban J connectivity index is 2.11. The summed E-state index contributed by atoms with van der Waals surface area (Å²) in [4.78, 5) is 12.9. The van der Waals surface area contributed by atoms with E-state index in [0.29, 0.717) is 13.1 Å². The molecule has 0 amide bonds. The molecular formula is C13H16INO4S. The van der Waals surface area contributed by atoms with Crippen LogP contribution in [0.3, 0.4) is 0 Å². The highest BCUT2D eigenvalue weighted by Gasteiger charge is 2.32. The van der Waals surface area contributed by atoms with E-state index < -0.39 is 21.8 Å². The summed E-state index contributed by atoms with van der Waals surface area (Å²) < 4.78 is 24.5. The van der Waals surface area contributed by atoms with Crippen LogP contribution >= 0.6 is 22.6 Å². The fourth-order valence-corrected chi connectivity index (χ4v) is 4.30. The van der Waals surface area contributed by atoms with Crippen molar-refractivity contribution in [2.45, 2.75) is 19.0 Å². The molecule has 1 aliphatic rings. The highest BCUT2D eigenvalue weighted by Crippen LogP contribution is 2.18. The first-order valence-electron chi connectivity index (χ1n) is 6.26. The predicted molar refractivity (Wildman–Crippen MR) is 84.3 cm³/mol. The first kappa shape index (κ1) is 15.7. The van der Waals surface area contributed by atoms with Gasteiger partial charge in [0.2, 0.25) is 0 Å². The topological polar surface area (TPSA) is 74.7 Å². The molecule has 1 atom stereocenters. The molecule has 1 aromatic carbocycles. The number of carbonyl (C=O) groups is 1. The summed E-state index contributed by atoms with van der Waals surface area (Å²) in [6, 6.07) is 7.52. The van der Waals surface area contributed by atoms with Gasteiger partial charge < -0.3 is 5.11 Å². The number of carboxylic acid groups (broad SMARTS) is 1. The van der Waals surface area contributed by atoms with Gasteiger partial charge in [0.1, 0.15) is 0 Å². The van der Waals surface area contributed by atoms with Crippen molar-refractivity contribution in [3.8, 4) is 0 Å². The minimum absolute atomic E-state index is 0.0658. The van der Waals surface area contributed by atoms with Crippen LogP contribution in [0.4, 0.5) is 0 Å². The van der Waals surface area contributed by atoms with Gasteiger partial charge in [-0.3, -0.25) is 9.69 Å². The Morgan fingerprint density at radius 1 is 1.35 bits per heavy atom. The zero-order valence-electron chi connectivity index (χ0n) is 10.8. The van der Waals surface area contributed by atoms with E-state index in [9.17, 15) is 13.2 Å². The number of halogens is 1. The Kier molecular flexibility index (Phi) is 5.03. The summed E-state index contributed by atoms with van der Waals surface area (Å²) in [5.41, 5.74) is 1.07. The van der Waals surface area contributed by atoms with Crippen molar-refractivity contribution >= 4 is 38.4 Å². The first-order chi connectivity index (χ1) is 9.35. The van der Waals surface area contributed by atoms with E-state index in [1.165, 1.54) is 0 Å². The van der Waals surface area contributed by atoms with Gasteiger partial charge in [-0.05, 0) is 40.3 Å². The molecule has 1 aromatic rings. The molecule has 20 heavy (non-hydrogen) atoms. The number of benzene rings is 1. The molecule has 0 radical (unpaired) electrons. The van der Waals surface area contributed by atoms with Crippen LogP contribution in [0.1, 0.15) is 12.0 Å². The van der Waals surface area contributed by atoms with Gasteiger partial charge in [0.25, 0.3) is 0 Å². The van der Waals surface area contributed by atoms with Crippen molar-refractivity contribution in [3.63, 3.8) is 0 Å². The van der Waals surface area contributed by atoms with Crippen LogP contribution in [0.5, 0.6) is 0 Å². The molecule has 1 fully saturated rings. The van der Waals surface area contributed by atoms with E-state index in [1.807, 2.05) is 29.2 Å². The summed E-state index contributed by atoms with van der Waals surface area (Å²) >= 11 is 2.22. The molecule has 1 aliphatic heterocycles. The highest BCUT2D eigenvalue weighted by molar-refractivity contribution is 14.1. The monoisotopic (exact) mass is 409 g/mol. The second kappa shape index (κ2) is 6.40. The van der Waals surface area contributed by atoms with E-state index in [1.54, 1.807) is 0 Å². The number of carboxylic acids is 1. The third-order valence-corrected chi connectivity index (χ3v) is 5.78. The maximum Gasteiger partial charge on any atom is 0.304 e. The van der Waals surface area contributed by atoms with E-state index >= 15 is 0 Å². The van der Waals surface area contributed by atoms with Crippen molar-refractivity contribution in [1.29, 1.82) is 0 Å². The van der Waals surface area contributed by atoms with E-state index in [2.05, 4.69) is 22.6 Å². The van der Waals surface area contributed by atoms with Gasteiger partial charge in [-0.1, -0.05) is 12.1 Å². The molecule has 0 aromatic heterocycles. The number of hydrogen-bond acceptors (Lipinski definition) is 4. The summed E-state index contributed by atoms with van der Waals surface area (Å²) in [5, 5.41) is 8.93. The molecular weight excluding hydrogens is 393 g/mol. The van der Waals surface area contributed by atoms with Crippen LogP contribution in [0.15, 0.2) is 24.3 Å². The Bertz CT molecular complexity index is 585. The lowest BCUT2D eigenvalue weighted by Gasteiger charge is -2.34. The van der Waals surface area contributed by atoms with Gasteiger partial charge in [0.15, 0.2) is 9.84 Å². The fourth-order valence-electron chi connectivity index (χ4n) is 2.34. The number of hydrogen-bond donors (Lipinski definition) is 1. The lowest BCUT2D eigenvalue weighted by molar-refractivity contribution is -0.138. The van der Waals surface area contributed by atoms with Crippen LogP contribution < -0.4 is 0 Å². The van der Waals surface area contributed by atoms with Crippen LogP contribution in [0.2, 0.25) is 0 Å². The van der Waals surface area contributed by atoms with Crippen molar-refractivity contribution < 1.29 is 18.3 Å². The quantitative estimate of drug-likeness (QED) is 0.761. The first-order valence-corrected chi connectivity index (χ1v) is 9.16. The molecule has 0 saturated carbocycles. The Hall–Kier alpha value is -0.670. The molecule has 5 nitrogen and oxygen atoms in total. The normalized spacial score (nSPS) is 22.6. The Morgan fingerprint density at radius 3 is 2.60 bits per heavy atom. The van der Waals surface area contributed by atoms with E-state index in [4.69, 9.17) is 5.11 Å². The average molecular weight is 409 g/mol. The van der Waals surface area contributed by atoms with Crippen molar-refractivity contribution in [3.05, 3.63) is 33.4 Å². The van der Waals surface area contributed by atoms with Gasteiger partial charge in [0.05, 0.1) is 17.9 Å². The molecule has 2 rings (SSSR count). The number of rotatable bonds is 4. The van der Waals surface area contributed by atoms with Crippen molar-refractivity contribution in [2.24, 2.45) is 0 Å². The number of aliphatic carboxylic acids is 1. The highest BCUT2D eigenvalue weighted by atomic mass is 127. The molecule has 1 N–H and O–H groups in total. The second-order valence-electron chi connectivity index (χ2n) is 4.96. The zero-order valence-corrected chi connectivity index (χ0v) is 13.8. The second-order valence-corrected chi connectivity index (χ2v) is 8.44. The van der Waals surface area contributed by atoms with Crippen LogP contribution in [0.25, 0.3) is 0 Å². The van der Waals surface area contributed by atoms with Crippen molar-refractivity contribution in [1.82, 2.24) is 4.90 Å². The Labute approximate surface area is 132 Å². The standard InChI is InChI=1S/C13H16INO4S/c14-11-3-1-10(2-4-11)8-15-5-6-20(18,19)9-12(15)7-13(16)17/h1-4,12H,5-9H2,(H,16,17). The molecule has 1 saturated heterocycles. The smallest absolute Gasteiger partial charge is 0.304 e. The molecule has 1 unspecified atom stereocenters. The number of sulfone groups is 1. The van der Waals surface area contributed by atoms with Gasteiger partial charge in [0, 0.05) is 22.7 Å². The van der Waals surface area contributed by atoms with E-state index in [0.717, 1.165) is 9.13 Å².